The van der Waals surface area contributed by atoms with Crippen molar-refractivity contribution in [2.45, 2.75) is 44.2 Å². The smallest absolute Gasteiger partial charge is 0.258 e. The fourth-order valence-corrected chi connectivity index (χ4v) is 4.72. The first-order chi connectivity index (χ1) is 16.7. The summed E-state index contributed by atoms with van der Waals surface area (Å²) in [6.07, 6.45) is 4.37. The van der Waals surface area contributed by atoms with Crippen LogP contribution in [0, 0.1) is 5.82 Å². The van der Waals surface area contributed by atoms with Gasteiger partial charge >= 0.3 is 0 Å². The molecule has 9 nitrogen and oxygen atoms in total. The molecule has 0 unspecified atom stereocenters. The minimum Gasteiger partial charge on any atom is -0.484 e. The Morgan fingerprint density at radius 2 is 2.00 bits per heavy atom. The molecule has 3 heterocycles. The highest BCUT2D eigenvalue weighted by Gasteiger charge is 2.53. The predicted octanol–water partition coefficient (Wildman–Crippen LogP) is 4.59. The molecule has 3 aromatic heterocycles. The third-order valence-corrected chi connectivity index (χ3v) is 6.19. The fourth-order valence-electron chi connectivity index (χ4n) is 4.61. The van der Waals surface area contributed by atoms with E-state index in [2.05, 4.69) is 20.5 Å². The van der Waals surface area contributed by atoms with Crippen LogP contribution in [0.1, 0.15) is 38.5 Å². The van der Waals surface area contributed by atoms with Crippen molar-refractivity contribution in [3.63, 3.8) is 0 Å². The van der Waals surface area contributed by atoms with Gasteiger partial charge in [-0.25, -0.2) is 9.37 Å². The van der Waals surface area contributed by atoms with E-state index in [1.54, 1.807) is 24.6 Å². The lowest BCUT2D eigenvalue weighted by atomic mass is 9.59. The highest BCUT2D eigenvalue weighted by molar-refractivity contribution is 6.30. The van der Waals surface area contributed by atoms with Crippen LogP contribution < -0.4 is 14.8 Å². The molecule has 1 aliphatic carbocycles. The van der Waals surface area contributed by atoms with E-state index < -0.39 is 11.4 Å². The molecule has 0 bridgehead atoms. The molecule has 1 N–H and O–H groups in total. The second kappa shape index (κ2) is 8.84. The van der Waals surface area contributed by atoms with Gasteiger partial charge in [0, 0.05) is 23.7 Å². The minimum absolute atomic E-state index is 0.00815. The van der Waals surface area contributed by atoms with E-state index in [0.29, 0.717) is 36.0 Å². The molecule has 182 valence electrons. The van der Waals surface area contributed by atoms with Crippen LogP contribution in [0.5, 0.6) is 11.5 Å². The van der Waals surface area contributed by atoms with Crippen molar-refractivity contribution in [1.82, 2.24) is 20.5 Å². The Labute approximate surface area is 204 Å². The number of halogens is 2. The monoisotopic (exact) mass is 500 g/mol. The third kappa shape index (κ3) is 4.93. The Morgan fingerprint density at radius 1 is 1.17 bits per heavy atom. The minimum atomic E-state index is -0.606. The molecule has 11 heteroatoms. The Balaban J connectivity index is 1.12. The SMILES string of the molecule is CC1(NC(=O)COc2ccc(Cl)c(F)c2)CC(C)(c2nnc(COc3cnc4ccoc4c3)o2)C1. The largest absolute Gasteiger partial charge is 0.484 e. The first-order valence-corrected chi connectivity index (χ1v) is 11.3. The summed E-state index contributed by atoms with van der Waals surface area (Å²) >= 11 is 5.66. The molecular formula is C24H22ClFN4O5. The van der Waals surface area contributed by atoms with E-state index in [-0.39, 0.29) is 35.3 Å². The lowest BCUT2D eigenvalue weighted by Crippen LogP contribution is -2.61. The number of nitrogens with one attached hydrogen (secondary N) is 1. The number of hydrogen-bond acceptors (Lipinski definition) is 8. The third-order valence-electron chi connectivity index (χ3n) is 5.89. The standard InChI is InChI=1S/C24H22ClFN4O5/c1-23(12-24(2,13-23)28-20(31)10-33-14-3-4-16(25)17(26)7-14)22-30-29-21(35-22)11-34-15-8-19-18(27-9-15)5-6-32-19/h3-9H,10-13H2,1-2H3,(H,28,31). The van der Waals surface area contributed by atoms with Gasteiger partial charge in [0.1, 0.15) is 22.8 Å². The lowest BCUT2D eigenvalue weighted by Gasteiger charge is -2.51. The topological polar surface area (TPSA) is 113 Å². The van der Waals surface area contributed by atoms with E-state index in [1.807, 2.05) is 13.8 Å². The number of carbonyl (C=O) groups excluding carboxylic acids is 1. The molecule has 0 radical (unpaired) electrons. The summed E-state index contributed by atoms with van der Waals surface area (Å²) < 4.78 is 35.7. The normalized spacial score (nSPS) is 21.5. The number of fused-ring (bicyclic) bond motifs is 1. The number of ether oxygens (including phenoxy) is 2. The fraction of sp³-hybridized carbons (Fsp3) is 0.333. The molecule has 0 saturated heterocycles. The van der Waals surface area contributed by atoms with Crippen LogP contribution in [0.15, 0.2) is 51.6 Å². The maximum Gasteiger partial charge on any atom is 0.258 e. The molecular weight excluding hydrogens is 479 g/mol. The second-order valence-electron chi connectivity index (χ2n) is 9.15. The number of pyridine rings is 1. The van der Waals surface area contributed by atoms with Gasteiger partial charge < -0.3 is 23.6 Å². The highest BCUT2D eigenvalue weighted by Crippen LogP contribution is 2.49. The van der Waals surface area contributed by atoms with Crippen LogP contribution in [0.2, 0.25) is 5.02 Å². The van der Waals surface area contributed by atoms with Crippen LogP contribution >= 0.6 is 11.6 Å². The number of nitrogens with zero attached hydrogens (tertiary/aromatic N) is 3. The zero-order valence-corrected chi connectivity index (χ0v) is 19.8. The Hall–Kier alpha value is -3.66. The zero-order valence-electron chi connectivity index (χ0n) is 19.0. The first-order valence-electron chi connectivity index (χ1n) is 10.9. The Bertz CT molecular complexity index is 1380. The van der Waals surface area contributed by atoms with E-state index in [4.69, 9.17) is 29.9 Å². The molecule has 35 heavy (non-hydrogen) atoms. The predicted molar refractivity (Wildman–Crippen MR) is 123 cm³/mol. The Morgan fingerprint density at radius 3 is 2.80 bits per heavy atom. The van der Waals surface area contributed by atoms with Gasteiger partial charge in [0.05, 0.1) is 22.9 Å². The van der Waals surface area contributed by atoms with Gasteiger partial charge in [0.15, 0.2) is 18.8 Å². The van der Waals surface area contributed by atoms with Crippen LogP contribution in [-0.2, 0) is 16.8 Å². The summed E-state index contributed by atoms with van der Waals surface area (Å²) in [5.41, 5.74) is 0.524. The lowest BCUT2D eigenvalue weighted by molar-refractivity contribution is -0.127. The van der Waals surface area contributed by atoms with Gasteiger partial charge in [-0.3, -0.25) is 4.79 Å². The van der Waals surface area contributed by atoms with Crippen molar-refractivity contribution in [1.29, 1.82) is 0 Å². The number of carbonyl (C=O) groups is 1. The molecule has 0 atom stereocenters. The van der Waals surface area contributed by atoms with Crippen molar-refractivity contribution in [2.24, 2.45) is 0 Å². The summed E-state index contributed by atoms with van der Waals surface area (Å²) in [6.45, 7) is 3.79. The van der Waals surface area contributed by atoms with Gasteiger partial charge in [-0.15, -0.1) is 10.2 Å². The summed E-state index contributed by atoms with van der Waals surface area (Å²) in [7, 11) is 0. The van der Waals surface area contributed by atoms with Crippen molar-refractivity contribution < 1.29 is 27.5 Å². The number of hydrogen-bond donors (Lipinski definition) is 1. The van der Waals surface area contributed by atoms with Gasteiger partial charge in [0.25, 0.3) is 11.8 Å². The van der Waals surface area contributed by atoms with Crippen molar-refractivity contribution >= 4 is 28.6 Å². The van der Waals surface area contributed by atoms with E-state index >= 15 is 0 Å². The molecule has 1 saturated carbocycles. The number of aromatic nitrogens is 3. The zero-order chi connectivity index (χ0) is 24.6. The molecule has 1 fully saturated rings. The van der Waals surface area contributed by atoms with Crippen LogP contribution in [0.3, 0.4) is 0 Å². The van der Waals surface area contributed by atoms with E-state index in [1.165, 1.54) is 12.1 Å². The highest BCUT2D eigenvalue weighted by atomic mass is 35.5. The summed E-state index contributed by atoms with van der Waals surface area (Å²) in [5.74, 6) is 0.655. The van der Waals surface area contributed by atoms with Gasteiger partial charge in [-0.2, -0.15) is 0 Å². The van der Waals surface area contributed by atoms with E-state index in [9.17, 15) is 9.18 Å². The maximum absolute atomic E-state index is 13.5. The Kier molecular flexibility index (Phi) is 5.84. The molecule has 0 aliphatic heterocycles. The van der Waals surface area contributed by atoms with Crippen LogP contribution in [0.25, 0.3) is 11.1 Å². The number of amides is 1. The second-order valence-corrected chi connectivity index (χ2v) is 9.56. The summed E-state index contributed by atoms with van der Waals surface area (Å²) in [5, 5.41) is 11.2. The quantitative estimate of drug-likeness (QED) is 0.374. The number of rotatable bonds is 8. The van der Waals surface area contributed by atoms with Crippen LogP contribution in [0.4, 0.5) is 4.39 Å². The van der Waals surface area contributed by atoms with Gasteiger partial charge in [-0.05, 0) is 31.9 Å². The molecule has 5 rings (SSSR count). The molecule has 0 spiro atoms. The molecule has 4 aromatic rings. The van der Waals surface area contributed by atoms with Gasteiger partial charge in [0.2, 0.25) is 5.89 Å². The molecule has 1 aliphatic rings. The van der Waals surface area contributed by atoms with Gasteiger partial charge in [-0.1, -0.05) is 18.5 Å². The average molecular weight is 501 g/mol. The van der Waals surface area contributed by atoms with Crippen molar-refractivity contribution in [2.75, 3.05) is 6.61 Å². The van der Waals surface area contributed by atoms with Crippen molar-refractivity contribution in [3.8, 4) is 11.5 Å². The van der Waals surface area contributed by atoms with E-state index in [0.717, 1.165) is 11.6 Å². The first kappa shape index (κ1) is 23.1. The summed E-state index contributed by atoms with van der Waals surface area (Å²) in [6, 6.07) is 7.53. The number of benzene rings is 1. The maximum atomic E-state index is 13.5. The number of furan rings is 1. The molecule has 1 amide bonds. The van der Waals surface area contributed by atoms with Crippen LogP contribution in [-0.4, -0.2) is 33.2 Å². The molecule has 1 aromatic carbocycles. The average Bonchev–Trinajstić information content (AvgIpc) is 3.47. The van der Waals surface area contributed by atoms with Crippen molar-refractivity contribution in [3.05, 3.63) is 65.4 Å². The summed E-state index contributed by atoms with van der Waals surface area (Å²) in [4.78, 5) is 16.6.